The van der Waals surface area contributed by atoms with Crippen LogP contribution in [-0.2, 0) is 18.2 Å². The minimum Gasteiger partial charge on any atom is -0.373 e. The molecule has 1 aromatic heterocycles. The van der Waals surface area contributed by atoms with Crippen LogP contribution in [-0.4, -0.2) is 53.9 Å². The second kappa shape index (κ2) is 10.4. The second-order valence-electron chi connectivity index (χ2n) is 8.01. The molecule has 2 aromatic rings. The Morgan fingerprint density at radius 2 is 2.10 bits per heavy atom. The predicted molar refractivity (Wildman–Crippen MR) is 127 cm³/mol. The largest absolute Gasteiger partial charge is 0.373 e. The lowest BCUT2D eigenvalue weighted by atomic mass is 9.95. The number of benzene rings is 1. The number of guanidine groups is 1. The van der Waals surface area contributed by atoms with E-state index in [1.54, 1.807) is 0 Å². The van der Waals surface area contributed by atoms with Gasteiger partial charge in [-0.25, -0.2) is 0 Å². The van der Waals surface area contributed by atoms with Crippen molar-refractivity contribution in [2.75, 3.05) is 33.3 Å². The van der Waals surface area contributed by atoms with Crippen LogP contribution in [0.2, 0.25) is 0 Å². The standard InChI is InChI=1S/C22H31N5O.HI/c1-23-22(27-10-8-17(16-27)12-18-13-25-26(2)15-18)24-14-20-9-11-28-21(20)19-6-4-3-5-7-19;/h3-7,13,15,17,20-21H,8-12,14,16H2,1-2H3,(H,23,24);1H. The highest BCUT2D eigenvalue weighted by molar-refractivity contribution is 14.0. The summed E-state index contributed by atoms with van der Waals surface area (Å²) in [7, 11) is 3.86. The highest BCUT2D eigenvalue weighted by Gasteiger charge is 2.31. The van der Waals surface area contributed by atoms with Crippen LogP contribution in [0, 0.1) is 11.8 Å². The summed E-state index contributed by atoms with van der Waals surface area (Å²) in [6, 6.07) is 10.6. The molecule has 2 fully saturated rings. The van der Waals surface area contributed by atoms with Gasteiger partial charge < -0.3 is 15.0 Å². The molecule has 4 rings (SSSR count). The molecule has 7 heteroatoms. The minimum absolute atomic E-state index is 0. The first-order valence-electron chi connectivity index (χ1n) is 10.3. The van der Waals surface area contributed by atoms with E-state index in [1.165, 1.54) is 17.5 Å². The molecular formula is C22H32IN5O. The van der Waals surface area contributed by atoms with E-state index < -0.39 is 0 Å². The molecule has 0 spiro atoms. The Morgan fingerprint density at radius 3 is 2.83 bits per heavy atom. The highest BCUT2D eigenvalue weighted by atomic mass is 127. The van der Waals surface area contributed by atoms with Gasteiger partial charge in [-0.15, -0.1) is 24.0 Å². The fourth-order valence-electron chi connectivity index (χ4n) is 4.51. The van der Waals surface area contributed by atoms with Crippen LogP contribution in [0.5, 0.6) is 0 Å². The molecule has 3 heterocycles. The Balaban J connectivity index is 0.00000240. The summed E-state index contributed by atoms with van der Waals surface area (Å²) >= 11 is 0. The van der Waals surface area contributed by atoms with Gasteiger partial charge >= 0.3 is 0 Å². The zero-order valence-electron chi connectivity index (χ0n) is 17.3. The van der Waals surface area contributed by atoms with Crippen molar-refractivity contribution in [2.24, 2.45) is 23.9 Å². The van der Waals surface area contributed by atoms with E-state index in [9.17, 15) is 0 Å². The van der Waals surface area contributed by atoms with Crippen LogP contribution in [0.4, 0.5) is 0 Å². The molecule has 1 N–H and O–H groups in total. The van der Waals surface area contributed by atoms with Crippen molar-refractivity contribution >= 4 is 29.9 Å². The molecule has 1 aromatic carbocycles. The number of aliphatic imine (C=N–C) groups is 1. The topological polar surface area (TPSA) is 54.7 Å². The van der Waals surface area contributed by atoms with E-state index in [-0.39, 0.29) is 30.1 Å². The normalized spacial score (nSPS) is 24.6. The van der Waals surface area contributed by atoms with Gasteiger partial charge in [-0.3, -0.25) is 9.67 Å². The molecule has 3 atom stereocenters. The average molecular weight is 509 g/mol. The molecule has 0 amide bonds. The molecule has 0 saturated carbocycles. The Labute approximate surface area is 190 Å². The highest BCUT2D eigenvalue weighted by Crippen LogP contribution is 2.34. The lowest BCUT2D eigenvalue weighted by molar-refractivity contribution is 0.0914. The Hall–Kier alpha value is -1.61. The predicted octanol–water partition coefficient (Wildman–Crippen LogP) is 3.26. The number of hydrogen-bond donors (Lipinski definition) is 1. The zero-order chi connectivity index (χ0) is 19.3. The van der Waals surface area contributed by atoms with Gasteiger partial charge in [-0.05, 0) is 36.3 Å². The molecule has 0 radical (unpaired) electrons. The number of aryl methyl sites for hydroxylation is 1. The molecule has 2 aliphatic heterocycles. The van der Waals surface area contributed by atoms with E-state index in [0.29, 0.717) is 11.8 Å². The van der Waals surface area contributed by atoms with Gasteiger partial charge in [0.1, 0.15) is 0 Å². The van der Waals surface area contributed by atoms with Crippen LogP contribution in [0.1, 0.15) is 30.1 Å². The zero-order valence-corrected chi connectivity index (χ0v) is 19.7. The van der Waals surface area contributed by atoms with Crippen molar-refractivity contribution in [1.29, 1.82) is 0 Å². The van der Waals surface area contributed by atoms with Gasteiger partial charge in [0.25, 0.3) is 0 Å². The molecule has 0 aliphatic carbocycles. The number of halogens is 1. The average Bonchev–Trinajstić information content (AvgIpc) is 3.45. The van der Waals surface area contributed by atoms with Crippen LogP contribution in [0.15, 0.2) is 47.7 Å². The summed E-state index contributed by atoms with van der Waals surface area (Å²) in [5.41, 5.74) is 2.60. The summed E-state index contributed by atoms with van der Waals surface area (Å²) in [6.45, 7) is 3.85. The van der Waals surface area contributed by atoms with Crippen LogP contribution < -0.4 is 5.32 Å². The molecule has 2 aliphatic rings. The van der Waals surface area contributed by atoms with E-state index in [1.807, 2.05) is 25.0 Å². The Morgan fingerprint density at radius 1 is 1.28 bits per heavy atom. The number of nitrogens with zero attached hydrogens (tertiary/aromatic N) is 4. The monoisotopic (exact) mass is 509 g/mol. The number of likely N-dealkylation sites (tertiary alicyclic amines) is 1. The summed E-state index contributed by atoms with van der Waals surface area (Å²) in [6.07, 6.45) is 7.68. The van der Waals surface area contributed by atoms with Gasteiger partial charge in [-0.1, -0.05) is 30.3 Å². The first-order valence-corrected chi connectivity index (χ1v) is 10.3. The first kappa shape index (κ1) is 22.1. The molecule has 2 saturated heterocycles. The molecule has 158 valence electrons. The van der Waals surface area contributed by atoms with Gasteiger partial charge in [0.15, 0.2) is 5.96 Å². The summed E-state index contributed by atoms with van der Waals surface area (Å²) in [5, 5.41) is 7.91. The lowest BCUT2D eigenvalue weighted by Gasteiger charge is -2.25. The molecule has 6 nitrogen and oxygen atoms in total. The van der Waals surface area contributed by atoms with Crippen molar-refractivity contribution < 1.29 is 4.74 Å². The number of hydrogen-bond acceptors (Lipinski definition) is 3. The smallest absolute Gasteiger partial charge is 0.193 e. The van der Waals surface area contributed by atoms with E-state index in [4.69, 9.17) is 4.74 Å². The Bertz CT molecular complexity index is 794. The third kappa shape index (κ3) is 5.51. The summed E-state index contributed by atoms with van der Waals surface area (Å²) in [4.78, 5) is 6.95. The third-order valence-electron chi connectivity index (χ3n) is 5.94. The van der Waals surface area contributed by atoms with Crippen LogP contribution >= 0.6 is 24.0 Å². The third-order valence-corrected chi connectivity index (χ3v) is 5.94. The maximum absolute atomic E-state index is 6.03. The van der Waals surface area contributed by atoms with Gasteiger partial charge in [-0.2, -0.15) is 5.10 Å². The van der Waals surface area contributed by atoms with Crippen molar-refractivity contribution in [3.05, 3.63) is 53.9 Å². The Kier molecular flexibility index (Phi) is 7.94. The van der Waals surface area contributed by atoms with Crippen molar-refractivity contribution in [3.63, 3.8) is 0 Å². The van der Waals surface area contributed by atoms with Gasteiger partial charge in [0.2, 0.25) is 0 Å². The summed E-state index contributed by atoms with van der Waals surface area (Å²) in [5.74, 6) is 2.16. The molecular weight excluding hydrogens is 477 g/mol. The van der Waals surface area contributed by atoms with Crippen LogP contribution in [0.25, 0.3) is 0 Å². The quantitative estimate of drug-likeness (QED) is 0.382. The first-order chi connectivity index (χ1) is 13.7. The number of rotatable bonds is 5. The summed E-state index contributed by atoms with van der Waals surface area (Å²) < 4.78 is 7.91. The van der Waals surface area contributed by atoms with Crippen molar-refractivity contribution in [2.45, 2.75) is 25.4 Å². The van der Waals surface area contributed by atoms with Gasteiger partial charge in [0, 0.05) is 52.5 Å². The molecule has 0 bridgehead atoms. The minimum atomic E-state index is 0. The van der Waals surface area contributed by atoms with Crippen molar-refractivity contribution in [1.82, 2.24) is 20.0 Å². The number of nitrogens with one attached hydrogen (secondary N) is 1. The lowest BCUT2D eigenvalue weighted by Crippen LogP contribution is -2.42. The second-order valence-corrected chi connectivity index (χ2v) is 8.01. The maximum atomic E-state index is 6.03. The SMILES string of the molecule is CN=C(NCC1CCOC1c1ccccc1)N1CCC(Cc2cnn(C)c2)C1.I. The van der Waals surface area contributed by atoms with Crippen LogP contribution in [0.3, 0.4) is 0 Å². The fourth-order valence-corrected chi connectivity index (χ4v) is 4.51. The molecule has 29 heavy (non-hydrogen) atoms. The number of ether oxygens (including phenoxy) is 1. The van der Waals surface area contributed by atoms with E-state index in [0.717, 1.165) is 45.0 Å². The number of aromatic nitrogens is 2. The fraction of sp³-hybridized carbons (Fsp3) is 0.545. The van der Waals surface area contributed by atoms with Crippen molar-refractivity contribution in [3.8, 4) is 0 Å². The molecule has 3 unspecified atom stereocenters. The van der Waals surface area contributed by atoms with E-state index >= 15 is 0 Å². The van der Waals surface area contributed by atoms with E-state index in [2.05, 4.69) is 56.8 Å². The van der Waals surface area contributed by atoms with Gasteiger partial charge in [0.05, 0.1) is 12.3 Å². The maximum Gasteiger partial charge on any atom is 0.193 e.